The van der Waals surface area contributed by atoms with Gasteiger partial charge in [-0.15, -0.1) is 10.2 Å². The number of aromatic nitrogens is 3. The van der Waals surface area contributed by atoms with Crippen LogP contribution in [0.25, 0.3) is 0 Å². The normalized spacial score (nSPS) is 11.2. The number of alkyl halides is 2. The number of halogens is 2. The summed E-state index contributed by atoms with van der Waals surface area (Å²) >= 11 is 0. The zero-order valence-electron chi connectivity index (χ0n) is 8.57. The molecule has 17 heavy (non-hydrogen) atoms. The maximum Gasteiger partial charge on any atom is 0.387 e. The van der Waals surface area contributed by atoms with Crippen molar-refractivity contribution in [2.45, 2.75) is 6.61 Å². The molecule has 2 rings (SSSR count). The summed E-state index contributed by atoms with van der Waals surface area (Å²) in [5.74, 6) is 0.0688. The summed E-state index contributed by atoms with van der Waals surface area (Å²) in [6, 6.07) is 6.37. The number of ether oxygens (including phenoxy) is 1. The Morgan fingerprint density at radius 3 is 2.65 bits per heavy atom. The molecule has 0 N–H and O–H groups in total. The number of benzene rings is 1. The Hall–Kier alpha value is -2.31. The highest BCUT2D eigenvalue weighted by molar-refractivity contribution is 5.83. The second-order valence-corrected chi connectivity index (χ2v) is 3.00. The van der Waals surface area contributed by atoms with Gasteiger partial charge >= 0.3 is 6.61 Å². The zero-order valence-corrected chi connectivity index (χ0v) is 8.57. The van der Waals surface area contributed by atoms with E-state index in [1.165, 1.54) is 29.6 Å². The van der Waals surface area contributed by atoms with Gasteiger partial charge in [0.2, 0.25) is 0 Å². The molecule has 0 radical (unpaired) electrons. The number of rotatable bonds is 4. The average molecular weight is 238 g/mol. The van der Waals surface area contributed by atoms with Crippen LogP contribution in [0.2, 0.25) is 0 Å². The van der Waals surface area contributed by atoms with E-state index in [0.717, 1.165) is 0 Å². The Morgan fingerprint density at radius 2 is 1.94 bits per heavy atom. The summed E-state index contributed by atoms with van der Waals surface area (Å²) in [4.78, 5) is 0. The monoisotopic (exact) mass is 238 g/mol. The third kappa shape index (κ3) is 3.07. The molecule has 7 heteroatoms. The number of para-hydroxylation sites is 1. The van der Waals surface area contributed by atoms with Crippen molar-refractivity contribution in [3.8, 4) is 5.75 Å². The van der Waals surface area contributed by atoms with Gasteiger partial charge in [-0.05, 0) is 12.1 Å². The first-order chi connectivity index (χ1) is 8.25. The van der Waals surface area contributed by atoms with Gasteiger partial charge in [-0.25, -0.2) is 4.68 Å². The van der Waals surface area contributed by atoms with Gasteiger partial charge in [0.05, 0.1) is 6.21 Å². The van der Waals surface area contributed by atoms with Crippen molar-refractivity contribution in [2.24, 2.45) is 5.10 Å². The average Bonchev–Trinajstić information content (AvgIpc) is 2.80. The quantitative estimate of drug-likeness (QED) is 0.762. The minimum atomic E-state index is -2.86. The van der Waals surface area contributed by atoms with E-state index in [4.69, 9.17) is 0 Å². The van der Waals surface area contributed by atoms with E-state index in [1.807, 2.05) is 0 Å². The van der Waals surface area contributed by atoms with Crippen molar-refractivity contribution in [1.82, 2.24) is 14.9 Å². The lowest BCUT2D eigenvalue weighted by Crippen LogP contribution is -2.04. The molecule has 2 aromatic rings. The second-order valence-electron chi connectivity index (χ2n) is 3.00. The molecule has 1 heterocycles. The largest absolute Gasteiger partial charge is 0.434 e. The fourth-order valence-corrected chi connectivity index (χ4v) is 1.17. The molecular weight excluding hydrogens is 230 g/mol. The first-order valence-electron chi connectivity index (χ1n) is 4.68. The molecule has 88 valence electrons. The summed E-state index contributed by atoms with van der Waals surface area (Å²) in [6.45, 7) is -2.86. The van der Waals surface area contributed by atoms with Crippen LogP contribution in [-0.2, 0) is 0 Å². The SMILES string of the molecule is FC(F)Oc1ccccc1/C=N/n1cnnc1. The van der Waals surface area contributed by atoms with Gasteiger partial charge in [-0.1, -0.05) is 12.1 Å². The first-order valence-corrected chi connectivity index (χ1v) is 4.68. The predicted molar refractivity (Wildman–Crippen MR) is 56.1 cm³/mol. The molecule has 1 aromatic carbocycles. The van der Waals surface area contributed by atoms with E-state index in [9.17, 15) is 8.78 Å². The predicted octanol–water partition coefficient (Wildman–Crippen LogP) is 1.76. The van der Waals surface area contributed by atoms with Crippen molar-refractivity contribution >= 4 is 6.21 Å². The Bertz CT molecular complexity index is 499. The first kappa shape index (κ1) is 11.2. The van der Waals surface area contributed by atoms with Gasteiger partial charge in [0, 0.05) is 5.56 Å². The third-order valence-electron chi connectivity index (χ3n) is 1.87. The van der Waals surface area contributed by atoms with Gasteiger partial charge in [0.15, 0.2) is 0 Å². The summed E-state index contributed by atoms with van der Waals surface area (Å²) in [6.07, 6.45) is 4.15. The van der Waals surface area contributed by atoms with E-state index in [-0.39, 0.29) is 5.75 Å². The molecule has 1 aromatic heterocycles. The molecular formula is C10H8F2N4O. The summed E-state index contributed by atoms with van der Waals surface area (Å²) in [7, 11) is 0. The molecule has 5 nitrogen and oxygen atoms in total. The van der Waals surface area contributed by atoms with Gasteiger partial charge in [-0.2, -0.15) is 13.9 Å². The highest BCUT2D eigenvalue weighted by Gasteiger charge is 2.07. The summed E-state index contributed by atoms with van der Waals surface area (Å²) < 4.78 is 29.9. The van der Waals surface area contributed by atoms with Crippen LogP contribution < -0.4 is 4.74 Å². The van der Waals surface area contributed by atoms with Gasteiger partial charge in [0.25, 0.3) is 0 Å². The lowest BCUT2D eigenvalue weighted by atomic mass is 10.2. The minimum absolute atomic E-state index is 0.0688. The van der Waals surface area contributed by atoms with Gasteiger partial charge in [-0.3, -0.25) is 0 Å². The van der Waals surface area contributed by atoms with Crippen LogP contribution >= 0.6 is 0 Å². The molecule has 0 saturated carbocycles. The van der Waals surface area contributed by atoms with Crippen LogP contribution in [0.1, 0.15) is 5.56 Å². The van der Waals surface area contributed by atoms with Crippen LogP contribution in [0.4, 0.5) is 8.78 Å². The van der Waals surface area contributed by atoms with E-state index in [1.54, 1.807) is 18.2 Å². The molecule has 0 spiro atoms. The fourth-order valence-electron chi connectivity index (χ4n) is 1.17. The van der Waals surface area contributed by atoms with Crippen LogP contribution in [0.15, 0.2) is 42.0 Å². The topological polar surface area (TPSA) is 52.3 Å². The van der Waals surface area contributed by atoms with E-state index in [2.05, 4.69) is 20.0 Å². The number of nitrogens with zero attached hydrogens (tertiary/aromatic N) is 4. The Balaban J connectivity index is 2.20. The van der Waals surface area contributed by atoms with Crippen LogP contribution in [0.5, 0.6) is 5.75 Å². The molecule has 0 atom stereocenters. The van der Waals surface area contributed by atoms with Crippen molar-refractivity contribution in [1.29, 1.82) is 0 Å². The smallest absolute Gasteiger partial charge is 0.387 e. The van der Waals surface area contributed by atoms with Gasteiger partial charge in [0.1, 0.15) is 18.4 Å². The molecule has 0 fully saturated rings. The van der Waals surface area contributed by atoms with Gasteiger partial charge < -0.3 is 4.74 Å². The Labute approximate surface area is 95.4 Å². The van der Waals surface area contributed by atoms with E-state index < -0.39 is 6.61 Å². The number of hydrogen-bond donors (Lipinski definition) is 0. The fraction of sp³-hybridized carbons (Fsp3) is 0.100. The highest BCUT2D eigenvalue weighted by atomic mass is 19.3. The zero-order chi connectivity index (χ0) is 12.1. The van der Waals surface area contributed by atoms with Crippen molar-refractivity contribution < 1.29 is 13.5 Å². The maximum absolute atomic E-state index is 12.1. The van der Waals surface area contributed by atoms with Crippen LogP contribution in [-0.4, -0.2) is 27.7 Å². The lowest BCUT2D eigenvalue weighted by molar-refractivity contribution is -0.0499. The molecule has 0 bridgehead atoms. The highest BCUT2D eigenvalue weighted by Crippen LogP contribution is 2.18. The molecule has 0 aliphatic heterocycles. The maximum atomic E-state index is 12.1. The van der Waals surface area contributed by atoms with Crippen LogP contribution in [0, 0.1) is 0 Å². The van der Waals surface area contributed by atoms with E-state index in [0.29, 0.717) is 5.56 Å². The third-order valence-corrected chi connectivity index (χ3v) is 1.87. The minimum Gasteiger partial charge on any atom is -0.434 e. The second kappa shape index (κ2) is 5.15. The Morgan fingerprint density at radius 1 is 1.24 bits per heavy atom. The van der Waals surface area contributed by atoms with Crippen molar-refractivity contribution in [3.63, 3.8) is 0 Å². The molecule has 0 amide bonds. The van der Waals surface area contributed by atoms with E-state index >= 15 is 0 Å². The molecule has 0 saturated heterocycles. The standard InChI is InChI=1S/C10H8F2N4O/c11-10(12)17-9-4-2-1-3-8(9)5-15-16-6-13-14-7-16/h1-7,10H/b15-5+. The lowest BCUT2D eigenvalue weighted by Gasteiger charge is -2.06. The van der Waals surface area contributed by atoms with Crippen molar-refractivity contribution in [3.05, 3.63) is 42.5 Å². The molecule has 0 aliphatic carbocycles. The van der Waals surface area contributed by atoms with Crippen LogP contribution in [0.3, 0.4) is 0 Å². The number of hydrogen-bond acceptors (Lipinski definition) is 4. The Kier molecular flexibility index (Phi) is 3.39. The summed E-state index contributed by atoms with van der Waals surface area (Å²) in [5, 5.41) is 11.1. The molecule has 0 aliphatic rings. The summed E-state index contributed by atoms with van der Waals surface area (Å²) in [5.41, 5.74) is 0.446. The molecule has 0 unspecified atom stereocenters. The van der Waals surface area contributed by atoms with Crippen molar-refractivity contribution in [2.75, 3.05) is 0 Å².